The second kappa shape index (κ2) is 11.7. The molecule has 9 aromatic rings. The first-order chi connectivity index (χ1) is 24.8. The van der Waals surface area contributed by atoms with E-state index in [1.165, 1.54) is 98.7 Å². The molecule has 0 unspecified atom stereocenters. The van der Waals surface area contributed by atoms with Gasteiger partial charge in [0.05, 0.1) is 0 Å². The van der Waals surface area contributed by atoms with Crippen molar-refractivity contribution < 1.29 is 0 Å². The summed E-state index contributed by atoms with van der Waals surface area (Å²) in [5.74, 6) is 0. The summed E-state index contributed by atoms with van der Waals surface area (Å²) in [7, 11) is 0. The van der Waals surface area contributed by atoms with Gasteiger partial charge >= 0.3 is 0 Å². The fraction of sp³-hybridized carbons (Fsp3) is 0.0400. The minimum absolute atomic E-state index is 1.07. The van der Waals surface area contributed by atoms with E-state index in [0.717, 1.165) is 12.8 Å². The summed E-state index contributed by atoms with van der Waals surface area (Å²) >= 11 is 0. The molecule has 0 N–H and O–H groups in total. The second-order valence-corrected chi connectivity index (χ2v) is 13.5. The summed E-state index contributed by atoms with van der Waals surface area (Å²) in [5, 5.41) is 10.2. The Hall–Kier alpha value is -6.24. The Morgan fingerprint density at radius 3 is 1.66 bits per heavy atom. The number of aryl methyl sites for hydroxylation is 1. The van der Waals surface area contributed by atoms with E-state index in [1.54, 1.807) is 0 Å². The van der Waals surface area contributed by atoms with Gasteiger partial charge in [-0.05, 0) is 124 Å². The maximum atomic E-state index is 2.47. The van der Waals surface area contributed by atoms with Crippen LogP contribution in [0.5, 0.6) is 0 Å². The van der Waals surface area contributed by atoms with Crippen molar-refractivity contribution >= 4 is 49.2 Å². The van der Waals surface area contributed by atoms with Gasteiger partial charge < -0.3 is 0 Å². The zero-order valence-corrected chi connectivity index (χ0v) is 27.7. The van der Waals surface area contributed by atoms with Gasteiger partial charge in [0.15, 0.2) is 0 Å². The molecule has 0 bridgehead atoms. The van der Waals surface area contributed by atoms with E-state index < -0.39 is 0 Å². The summed E-state index contributed by atoms with van der Waals surface area (Å²) in [6, 6.07) is 63.1. The van der Waals surface area contributed by atoms with Gasteiger partial charge in [0.1, 0.15) is 0 Å². The molecular weight excluding hydrogens is 601 g/mol. The van der Waals surface area contributed by atoms with Crippen molar-refractivity contribution in [3.8, 4) is 44.5 Å². The quantitative estimate of drug-likeness (QED) is 0.169. The lowest BCUT2D eigenvalue weighted by Crippen LogP contribution is -1.99. The number of benzene rings is 9. The van der Waals surface area contributed by atoms with E-state index in [4.69, 9.17) is 0 Å². The lowest BCUT2D eigenvalue weighted by Gasteiger charge is -2.23. The SMILES string of the molecule is C1=Cc2c(cccc2-c2c3cc(-c4cccc5ccccc45)ccc3c(-c3cccc4ccccc34)c3cc(-c4ccccc4)ccc23)CC1. The molecule has 1 aliphatic carbocycles. The molecule has 10 rings (SSSR count). The van der Waals surface area contributed by atoms with Crippen LogP contribution < -0.4 is 0 Å². The summed E-state index contributed by atoms with van der Waals surface area (Å²) in [6.45, 7) is 0. The topological polar surface area (TPSA) is 0 Å². The van der Waals surface area contributed by atoms with Crippen molar-refractivity contribution in [2.75, 3.05) is 0 Å². The van der Waals surface area contributed by atoms with Crippen LogP contribution in [0.15, 0.2) is 176 Å². The average Bonchev–Trinajstić information content (AvgIpc) is 3.19. The highest BCUT2D eigenvalue weighted by atomic mass is 14.2. The number of fused-ring (bicyclic) bond motifs is 5. The minimum atomic E-state index is 1.07. The Morgan fingerprint density at radius 2 is 0.900 bits per heavy atom. The largest absolute Gasteiger partial charge is 0.0836 e. The van der Waals surface area contributed by atoms with E-state index in [0.29, 0.717) is 0 Å². The summed E-state index contributed by atoms with van der Waals surface area (Å²) in [4.78, 5) is 0. The van der Waals surface area contributed by atoms with Crippen LogP contribution >= 0.6 is 0 Å². The maximum absolute atomic E-state index is 2.47. The third-order valence-electron chi connectivity index (χ3n) is 10.7. The first-order valence-electron chi connectivity index (χ1n) is 17.7. The maximum Gasteiger partial charge on any atom is -0.00199 e. The van der Waals surface area contributed by atoms with Crippen molar-refractivity contribution in [3.05, 3.63) is 187 Å². The van der Waals surface area contributed by atoms with Gasteiger partial charge in [-0.1, -0.05) is 170 Å². The molecule has 0 heteroatoms. The first kappa shape index (κ1) is 28.7. The van der Waals surface area contributed by atoms with Crippen molar-refractivity contribution in [2.24, 2.45) is 0 Å². The van der Waals surface area contributed by atoms with Crippen LogP contribution in [0.4, 0.5) is 0 Å². The fourth-order valence-corrected chi connectivity index (χ4v) is 8.39. The zero-order chi connectivity index (χ0) is 33.0. The Kier molecular flexibility index (Phi) is 6.74. The molecule has 0 amide bonds. The van der Waals surface area contributed by atoms with Gasteiger partial charge in [-0.3, -0.25) is 0 Å². The molecule has 1 aliphatic rings. The van der Waals surface area contributed by atoms with E-state index in [9.17, 15) is 0 Å². The molecule has 50 heavy (non-hydrogen) atoms. The molecule has 0 nitrogen and oxygen atoms in total. The second-order valence-electron chi connectivity index (χ2n) is 13.5. The predicted octanol–water partition coefficient (Wildman–Crippen LogP) is 13.9. The van der Waals surface area contributed by atoms with Gasteiger partial charge in [-0.2, -0.15) is 0 Å². The molecule has 0 saturated carbocycles. The molecule has 0 spiro atoms. The highest BCUT2D eigenvalue weighted by molar-refractivity contribution is 6.25. The van der Waals surface area contributed by atoms with Crippen molar-refractivity contribution in [2.45, 2.75) is 12.8 Å². The van der Waals surface area contributed by atoms with Crippen LogP contribution in [0.25, 0.3) is 93.7 Å². The van der Waals surface area contributed by atoms with Gasteiger partial charge in [-0.15, -0.1) is 0 Å². The summed E-state index contributed by atoms with van der Waals surface area (Å²) in [5.41, 5.74) is 12.9. The molecule has 234 valence electrons. The van der Waals surface area contributed by atoms with Gasteiger partial charge in [0.25, 0.3) is 0 Å². The van der Waals surface area contributed by atoms with Crippen LogP contribution in [0, 0.1) is 0 Å². The molecule has 0 radical (unpaired) electrons. The Labute approximate surface area is 292 Å². The first-order valence-corrected chi connectivity index (χ1v) is 17.7. The Bertz CT molecular complexity index is 2790. The molecular formula is C50H34. The Morgan fingerprint density at radius 1 is 0.340 bits per heavy atom. The monoisotopic (exact) mass is 634 g/mol. The predicted molar refractivity (Wildman–Crippen MR) is 216 cm³/mol. The van der Waals surface area contributed by atoms with Gasteiger partial charge in [0, 0.05) is 0 Å². The van der Waals surface area contributed by atoms with Crippen LogP contribution in [0.1, 0.15) is 17.5 Å². The lowest BCUT2D eigenvalue weighted by molar-refractivity contribution is 0.987. The highest BCUT2D eigenvalue weighted by Gasteiger charge is 2.22. The van der Waals surface area contributed by atoms with E-state index in [-0.39, 0.29) is 0 Å². The third kappa shape index (κ3) is 4.60. The molecule has 0 heterocycles. The van der Waals surface area contributed by atoms with Crippen LogP contribution in [0.2, 0.25) is 0 Å². The van der Waals surface area contributed by atoms with Crippen LogP contribution in [-0.2, 0) is 6.42 Å². The van der Waals surface area contributed by atoms with Crippen molar-refractivity contribution in [3.63, 3.8) is 0 Å². The molecule has 0 aromatic heterocycles. The van der Waals surface area contributed by atoms with E-state index in [2.05, 4.69) is 182 Å². The molecule has 9 aromatic carbocycles. The number of rotatable bonds is 4. The smallest absolute Gasteiger partial charge is 0.00199 e. The third-order valence-corrected chi connectivity index (χ3v) is 10.7. The van der Waals surface area contributed by atoms with Crippen LogP contribution in [0.3, 0.4) is 0 Å². The summed E-state index contributed by atoms with van der Waals surface area (Å²) in [6.07, 6.45) is 6.86. The number of hydrogen-bond donors (Lipinski definition) is 0. The van der Waals surface area contributed by atoms with Crippen LogP contribution in [-0.4, -0.2) is 0 Å². The minimum Gasteiger partial charge on any atom is -0.0836 e. The van der Waals surface area contributed by atoms with Crippen molar-refractivity contribution in [1.29, 1.82) is 0 Å². The zero-order valence-electron chi connectivity index (χ0n) is 27.7. The highest BCUT2D eigenvalue weighted by Crippen LogP contribution is 2.49. The molecule has 0 aliphatic heterocycles. The summed E-state index contributed by atoms with van der Waals surface area (Å²) < 4.78 is 0. The van der Waals surface area contributed by atoms with Gasteiger partial charge in [-0.25, -0.2) is 0 Å². The lowest BCUT2D eigenvalue weighted by atomic mass is 9.80. The van der Waals surface area contributed by atoms with E-state index >= 15 is 0 Å². The normalized spacial score (nSPS) is 12.6. The fourth-order valence-electron chi connectivity index (χ4n) is 8.39. The molecule has 0 saturated heterocycles. The molecule has 0 atom stereocenters. The standard InChI is InChI=1S/C50H34/c1-2-13-33(14-3-1)37-27-29-45-47(31-37)49(43-25-11-19-35-16-5-8-22-40(35)43)46-30-28-38(42-24-10-18-34-15-4-7-21-39(34)42)32-48(46)50(45)44-26-12-20-36-17-6-9-23-41(36)44/h1-5,7-16,18-32H,6,17H2. The number of hydrogen-bond acceptors (Lipinski definition) is 0. The Balaban J connectivity index is 1.39. The number of allylic oxidation sites excluding steroid dienone is 1. The van der Waals surface area contributed by atoms with E-state index in [1.807, 2.05) is 0 Å². The molecule has 0 fully saturated rings. The van der Waals surface area contributed by atoms with Crippen molar-refractivity contribution in [1.82, 2.24) is 0 Å². The van der Waals surface area contributed by atoms with Gasteiger partial charge in [0.2, 0.25) is 0 Å². The average molecular weight is 635 g/mol.